The van der Waals surface area contributed by atoms with Crippen LogP contribution in [0.1, 0.15) is 10.4 Å². The van der Waals surface area contributed by atoms with Gasteiger partial charge >= 0.3 is 5.97 Å². The maximum absolute atomic E-state index is 12.0. The highest BCUT2D eigenvalue weighted by atomic mass is 79.9. The van der Waals surface area contributed by atoms with Crippen molar-refractivity contribution in [2.75, 3.05) is 0 Å². The zero-order valence-corrected chi connectivity index (χ0v) is 26.0. The van der Waals surface area contributed by atoms with Crippen molar-refractivity contribution < 1.29 is 9.90 Å². The molecule has 0 fully saturated rings. The van der Waals surface area contributed by atoms with Crippen molar-refractivity contribution in [3.8, 4) is 0 Å². The smallest absolute Gasteiger partial charge is 0.337 e. The van der Waals surface area contributed by atoms with Gasteiger partial charge in [-0.15, -0.1) is 0 Å². The lowest BCUT2D eigenvalue weighted by Crippen LogP contribution is -2.03. The summed E-state index contributed by atoms with van der Waals surface area (Å²) in [6.07, 6.45) is 0. The van der Waals surface area contributed by atoms with E-state index in [0.29, 0.717) is 18.8 Å². The van der Waals surface area contributed by atoms with Gasteiger partial charge in [0.15, 0.2) is 0 Å². The number of halogens is 9. The lowest BCUT2D eigenvalue weighted by atomic mass is 9.99. The Labute approximate surface area is 223 Å². The van der Waals surface area contributed by atoms with Gasteiger partial charge in [-0.1, -0.05) is 0 Å². The molecule has 0 spiro atoms. The molecule has 3 aromatic carbocycles. The summed E-state index contributed by atoms with van der Waals surface area (Å²) in [5.41, 5.74) is 0.159. The van der Waals surface area contributed by atoms with Crippen LogP contribution >= 0.6 is 143 Å². The van der Waals surface area contributed by atoms with Gasteiger partial charge in [-0.25, -0.2) is 4.79 Å². The minimum Gasteiger partial charge on any atom is -0.478 e. The molecule has 11 heteroatoms. The second-order valence-corrected chi connectivity index (χ2v) is 12.1. The second kappa shape index (κ2) is 8.24. The van der Waals surface area contributed by atoms with E-state index in [9.17, 15) is 9.90 Å². The third-order valence-electron chi connectivity index (χ3n) is 3.68. The number of hydrogen-bond donors (Lipinski definition) is 1. The monoisotopic (exact) mass is 923 g/mol. The first kappa shape index (κ1) is 22.7. The summed E-state index contributed by atoms with van der Waals surface area (Å²) in [5, 5.41) is 12.9. The molecular formula is C15HBr9O2. The van der Waals surface area contributed by atoms with Gasteiger partial charge in [0.05, 0.1) is 5.56 Å². The Morgan fingerprint density at radius 3 is 1.15 bits per heavy atom. The third kappa shape index (κ3) is 3.31. The summed E-state index contributed by atoms with van der Waals surface area (Å²) in [7, 11) is 0. The fourth-order valence-electron chi connectivity index (χ4n) is 2.58. The zero-order valence-electron chi connectivity index (χ0n) is 11.8. The van der Waals surface area contributed by atoms with Crippen LogP contribution < -0.4 is 0 Å². The van der Waals surface area contributed by atoms with Crippen LogP contribution in [-0.4, -0.2) is 11.1 Å². The van der Waals surface area contributed by atoms with E-state index < -0.39 is 5.97 Å². The highest BCUT2D eigenvalue weighted by Gasteiger charge is 2.28. The highest BCUT2D eigenvalue weighted by molar-refractivity contribution is 9.15. The number of carboxylic acids is 1. The number of hydrogen-bond acceptors (Lipinski definition) is 1. The van der Waals surface area contributed by atoms with Gasteiger partial charge < -0.3 is 5.11 Å². The molecule has 1 N–H and O–H groups in total. The third-order valence-corrected chi connectivity index (χ3v) is 13.5. The Morgan fingerprint density at radius 2 is 0.769 bits per heavy atom. The normalized spacial score (nSPS) is 11.6. The van der Waals surface area contributed by atoms with Gasteiger partial charge in [-0.3, -0.25) is 0 Å². The van der Waals surface area contributed by atoms with Crippen molar-refractivity contribution in [2.45, 2.75) is 0 Å². The predicted molar refractivity (Wildman–Crippen MR) is 138 cm³/mol. The molecule has 0 aliphatic carbocycles. The van der Waals surface area contributed by atoms with Gasteiger partial charge in [-0.2, -0.15) is 0 Å². The second-order valence-electron chi connectivity index (χ2n) is 5.01. The van der Waals surface area contributed by atoms with E-state index in [1.54, 1.807) is 0 Å². The predicted octanol–water partition coefficient (Wildman–Crippen LogP) is 10.6. The Balaban J connectivity index is 2.85. The van der Waals surface area contributed by atoms with E-state index in [0.717, 1.165) is 43.0 Å². The minimum atomic E-state index is -1.03. The Morgan fingerprint density at radius 1 is 0.462 bits per heavy atom. The van der Waals surface area contributed by atoms with Gasteiger partial charge in [-0.05, 0) is 143 Å². The number of fused-ring (bicyclic) bond motifs is 2. The summed E-state index contributed by atoms with van der Waals surface area (Å²) >= 11 is 32.2. The maximum atomic E-state index is 12.0. The molecule has 3 rings (SSSR count). The number of carboxylic acid groups (broad SMARTS) is 1. The molecule has 0 radical (unpaired) electrons. The fourth-order valence-corrected chi connectivity index (χ4v) is 9.30. The van der Waals surface area contributed by atoms with Crippen molar-refractivity contribution in [1.29, 1.82) is 0 Å². The first-order valence-electron chi connectivity index (χ1n) is 6.38. The Hall–Kier alpha value is 1.97. The Bertz CT molecular complexity index is 1150. The lowest BCUT2D eigenvalue weighted by Gasteiger charge is -2.19. The number of rotatable bonds is 1. The summed E-state index contributed by atoms with van der Waals surface area (Å²) in [6.45, 7) is 0. The quantitative estimate of drug-likeness (QED) is 0.150. The SMILES string of the molecule is O=C(O)c1c(Br)c(Br)c(Br)c2c(Br)c3c(Br)c(Br)c(Br)c(Br)c3c(Br)c12. The molecule has 0 aliphatic rings. The van der Waals surface area contributed by atoms with Crippen LogP contribution in [0.4, 0.5) is 0 Å². The van der Waals surface area contributed by atoms with Crippen molar-refractivity contribution in [2.24, 2.45) is 0 Å². The maximum Gasteiger partial charge on any atom is 0.337 e. The van der Waals surface area contributed by atoms with Crippen molar-refractivity contribution in [3.05, 3.63) is 45.8 Å². The molecule has 26 heavy (non-hydrogen) atoms. The standard InChI is InChI=1S/C15HBr9O2/c16-6-1-2(8(18)12(22)11(21)5(1)15(25)26)7(17)4-3(6)9(19)13(23)14(24)10(4)20/h(H,25,26). The topological polar surface area (TPSA) is 37.3 Å². The summed E-state index contributed by atoms with van der Waals surface area (Å²) in [6, 6.07) is 0. The van der Waals surface area contributed by atoms with Gasteiger partial charge in [0.1, 0.15) is 0 Å². The van der Waals surface area contributed by atoms with E-state index in [2.05, 4.69) is 143 Å². The van der Waals surface area contributed by atoms with Crippen LogP contribution in [0.2, 0.25) is 0 Å². The summed E-state index contributed by atoms with van der Waals surface area (Å²) < 4.78 is 6.53. The van der Waals surface area contributed by atoms with E-state index >= 15 is 0 Å². The molecule has 0 unspecified atom stereocenters. The molecule has 2 nitrogen and oxygen atoms in total. The van der Waals surface area contributed by atoms with E-state index in [-0.39, 0.29) is 5.56 Å². The average molecular weight is 932 g/mol. The molecule has 3 aromatic rings. The van der Waals surface area contributed by atoms with E-state index in [4.69, 9.17) is 0 Å². The number of carbonyl (C=O) groups is 1. The molecule has 136 valence electrons. The highest BCUT2D eigenvalue weighted by Crippen LogP contribution is 2.54. The van der Waals surface area contributed by atoms with Crippen molar-refractivity contribution in [3.63, 3.8) is 0 Å². The van der Waals surface area contributed by atoms with Crippen LogP contribution in [0.3, 0.4) is 0 Å². The molecule has 0 bridgehead atoms. The average Bonchev–Trinajstić information content (AvgIpc) is 2.58. The first-order valence-corrected chi connectivity index (χ1v) is 13.5. The number of benzene rings is 3. The molecule has 0 aliphatic heterocycles. The molecule has 0 saturated carbocycles. The molecule has 0 heterocycles. The Kier molecular flexibility index (Phi) is 7.18. The van der Waals surface area contributed by atoms with Gasteiger partial charge in [0, 0.05) is 61.8 Å². The van der Waals surface area contributed by atoms with Gasteiger partial charge in [0.2, 0.25) is 0 Å². The molecule has 0 atom stereocenters. The molecule has 0 saturated heterocycles. The molecular weight excluding hydrogens is 931 g/mol. The minimum absolute atomic E-state index is 0.159. The van der Waals surface area contributed by atoms with Crippen molar-refractivity contribution in [1.82, 2.24) is 0 Å². The van der Waals surface area contributed by atoms with Gasteiger partial charge in [0.25, 0.3) is 0 Å². The van der Waals surface area contributed by atoms with Crippen molar-refractivity contribution >= 4 is 171 Å². The lowest BCUT2D eigenvalue weighted by molar-refractivity contribution is 0.0698. The molecule has 0 aromatic heterocycles. The first-order chi connectivity index (χ1) is 12.0. The van der Waals surface area contributed by atoms with Crippen LogP contribution in [0.25, 0.3) is 21.5 Å². The molecule has 0 amide bonds. The van der Waals surface area contributed by atoms with E-state index in [1.807, 2.05) is 0 Å². The zero-order chi connectivity index (χ0) is 19.7. The summed E-state index contributed by atoms with van der Waals surface area (Å²) in [5.74, 6) is -1.03. The van der Waals surface area contributed by atoms with E-state index in [1.165, 1.54) is 0 Å². The largest absolute Gasteiger partial charge is 0.478 e. The fraction of sp³-hybridized carbons (Fsp3) is 0. The summed E-state index contributed by atoms with van der Waals surface area (Å²) in [4.78, 5) is 12.0. The number of aromatic carboxylic acids is 1. The van der Waals surface area contributed by atoms with Crippen LogP contribution in [-0.2, 0) is 0 Å². The van der Waals surface area contributed by atoms with Crippen LogP contribution in [0.5, 0.6) is 0 Å². The van der Waals surface area contributed by atoms with Crippen LogP contribution in [0.15, 0.2) is 40.3 Å². The van der Waals surface area contributed by atoms with Crippen LogP contribution in [0, 0.1) is 0 Å².